The monoisotopic (exact) mass is 186 g/mol. The number of hydrogen-bond acceptors (Lipinski definition) is 4. The van der Waals surface area contributed by atoms with Crippen LogP contribution in [0.5, 0.6) is 0 Å². The van der Waals surface area contributed by atoms with E-state index < -0.39 is 12.4 Å². The number of ether oxygens (including phenoxy) is 2. The molecule has 0 aromatic rings. The topological polar surface area (TPSA) is 55.8 Å². The average molecular weight is 186 g/mol. The van der Waals surface area contributed by atoms with Gasteiger partial charge >= 0.3 is 0 Å². The summed E-state index contributed by atoms with van der Waals surface area (Å²) >= 11 is 0. The fourth-order valence-electron chi connectivity index (χ4n) is 1.00. The van der Waals surface area contributed by atoms with Gasteiger partial charge < -0.3 is 14.6 Å². The van der Waals surface area contributed by atoms with Gasteiger partial charge in [0, 0.05) is 0 Å². The maximum atomic E-state index is 11.2. The number of rotatable bonds is 3. The number of aliphatic hydroxyl groups excluding tert-OH is 1. The molecule has 1 N–H and O–H groups in total. The van der Waals surface area contributed by atoms with Gasteiger partial charge in [0.15, 0.2) is 0 Å². The molecule has 4 nitrogen and oxygen atoms in total. The Hall–Kier alpha value is -0.710. The smallest absolute Gasteiger partial charge is 0.222 e. The van der Waals surface area contributed by atoms with E-state index in [2.05, 4.69) is 0 Å². The van der Waals surface area contributed by atoms with Crippen molar-refractivity contribution in [3.63, 3.8) is 0 Å². The van der Waals surface area contributed by atoms with E-state index in [-0.39, 0.29) is 18.5 Å². The maximum absolute atomic E-state index is 11.2. The van der Waals surface area contributed by atoms with Crippen molar-refractivity contribution in [3.05, 3.63) is 12.2 Å². The van der Waals surface area contributed by atoms with Gasteiger partial charge in [-0.2, -0.15) is 0 Å². The first kappa shape index (κ1) is 10.4. The van der Waals surface area contributed by atoms with Crippen LogP contribution in [0.25, 0.3) is 0 Å². The van der Waals surface area contributed by atoms with Gasteiger partial charge in [0.05, 0.1) is 12.7 Å². The maximum Gasteiger partial charge on any atom is 0.222 e. The van der Waals surface area contributed by atoms with Crippen LogP contribution in [-0.4, -0.2) is 36.0 Å². The molecular formula is C9H14O4. The van der Waals surface area contributed by atoms with Gasteiger partial charge in [-0.3, -0.25) is 4.79 Å². The molecule has 4 heteroatoms. The van der Waals surface area contributed by atoms with Gasteiger partial charge in [-0.1, -0.05) is 0 Å². The zero-order chi connectivity index (χ0) is 9.84. The molecule has 0 bridgehead atoms. The Balaban J connectivity index is 2.55. The molecule has 1 aliphatic rings. The molecule has 1 rings (SSSR count). The Morgan fingerprint density at radius 3 is 2.92 bits per heavy atom. The SMILES string of the molecule is CC(C)OC1OC(CO)C=CC1=O. The highest BCUT2D eigenvalue weighted by Gasteiger charge is 2.26. The lowest BCUT2D eigenvalue weighted by Crippen LogP contribution is -2.37. The molecule has 74 valence electrons. The number of carbonyl (C=O) groups excluding carboxylic acids is 1. The quantitative estimate of drug-likeness (QED) is 0.686. The third kappa shape index (κ3) is 2.91. The van der Waals surface area contributed by atoms with Crippen LogP contribution < -0.4 is 0 Å². The van der Waals surface area contributed by atoms with Crippen molar-refractivity contribution in [2.45, 2.75) is 32.3 Å². The number of ketones is 1. The molecule has 1 heterocycles. The van der Waals surface area contributed by atoms with E-state index in [1.807, 2.05) is 13.8 Å². The van der Waals surface area contributed by atoms with E-state index in [0.29, 0.717) is 0 Å². The Bertz CT molecular complexity index is 210. The predicted octanol–water partition coefficient (Wildman–Crippen LogP) is 0.254. The lowest BCUT2D eigenvalue weighted by Gasteiger charge is -2.24. The van der Waals surface area contributed by atoms with Crippen LogP contribution in [0.1, 0.15) is 13.8 Å². The normalized spacial score (nSPS) is 28.5. The molecule has 0 aromatic heterocycles. The fraction of sp³-hybridized carbons (Fsp3) is 0.667. The minimum Gasteiger partial charge on any atom is -0.393 e. The van der Waals surface area contributed by atoms with Crippen molar-refractivity contribution in [1.82, 2.24) is 0 Å². The molecule has 0 saturated heterocycles. The summed E-state index contributed by atoms with van der Waals surface area (Å²) in [6, 6.07) is 0. The van der Waals surface area contributed by atoms with Crippen LogP contribution in [0.4, 0.5) is 0 Å². The van der Waals surface area contributed by atoms with Crippen molar-refractivity contribution in [2.24, 2.45) is 0 Å². The van der Waals surface area contributed by atoms with Gasteiger partial charge in [-0.15, -0.1) is 0 Å². The largest absolute Gasteiger partial charge is 0.393 e. The van der Waals surface area contributed by atoms with E-state index in [4.69, 9.17) is 14.6 Å². The first-order valence-electron chi connectivity index (χ1n) is 4.27. The number of hydrogen-bond donors (Lipinski definition) is 1. The van der Waals surface area contributed by atoms with E-state index in [9.17, 15) is 4.79 Å². The zero-order valence-electron chi connectivity index (χ0n) is 7.77. The molecule has 2 unspecified atom stereocenters. The third-order valence-electron chi connectivity index (χ3n) is 1.58. The molecular weight excluding hydrogens is 172 g/mol. The van der Waals surface area contributed by atoms with Crippen LogP contribution in [0, 0.1) is 0 Å². The van der Waals surface area contributed by atoms with Crippen molar-refractivity contribution >= 4 is 5.78 Å². The second-order valence-electron chi connectivity index (χ2n) is 3.14. The first-order chi connectivity index (χ1) is 6.13. The second-order valence-corrected chi connectivity index (χ2v) is 3.14. The highest BCUT2D eigenvalue weighted by Crippen LogP contribution is 2.11. The molecule has 0 aliphatic carbocycles. The summed E-state index contributed by atoms with van der Waals surface area (Å²) in [5, 5.41) is 8.79. The third-order valence-corrected chi connectivity index (χ3v) is 1.58. The summed E-state index contributed by atoms with van der Waals surface area (Å²) in [6.45, 7) is 3.51. The fourth-order valence-corrected chi connectivity index (χ4v) is 1.00. The molecule has 1 aliphatic heterocycles. The molecule has 0 amide bonds. The predicted molar refractivity (Wildman–Crippen MR) is 46.1 cm³/mol. The standard InChI is InChI=1S/C9H14O4/c1-6(2)12-9-8(11)4-3-7(5-10)13-9/h3-4,6-7,9-10H,5H2,1-2H3. The van der Waals surface area contributed by atoms with Crippen LogP contribution in [-0.2, 0) is 14.3 Å². The summed E-state index contributed by atoms with van der Waals surface area (Å²) < 4.78 is 10.4. The first-order valence-corrected chi connectivity index (χ1v) is 4.27. The van der Waals surface area contributed by atoms with E-state index in [1.54, 1.807) is 0 Å². The summed E-state index contributed by atoms with van der Waals surface area (Å²) in [7, 11) is 0. The lowest BCUT2D eigenvalue weighted by molar-refractivity contribution is -0.191. The summed E-state index contributed by atoms with van der Waals surface area (Å²) in [5.41, 5.74) is 0. The summed E-state index contributed by atoms with van der Waals surface area (Å²) in [6.07, 6.45) is 1.56. The number of aliphatic hydroxyl groups is 1. The van der Waals surface area contributed by atoms with Gasteiger partial charge in [0.1, 0.15) is 6.10 Å². The van der Waals surface area contributed by atoms with E-state index in [0.717, 1.165) is 0 Å². The Morgan fingerprint density at radius 2 is 2.38 bits per heavy atom. The van der Waals surface area contributed by atoms with Crippen LogP contribution >= 0.6 is 0 Å². The molecule has 2 atom stereocenters. The van der Waals surface area contributed by atoms with Gasteiger partial charge in [0.25, 0.3) is 0 Å². The lowest BCUT2D eigenvalue weighted by atomic mass is 10.2. The van der Waals surface area contributed by atoms with Crippen LogP contribution in [0.3, 0.4) is 0 Å². The second kappa shape index (κ2) is 4.50. The van der Waals surface area contributed by atoms with E-state index >= 15 is 0 Å². The van der Waals surface area contributed by atoms with Crippen LogP contribution in [0.2, 0.25) is 0 Å². The molecule has 0 radical (unpaired) electrons. The molecule has 0 saturated carbocycles. The van der Waals surface area contributed by atoms with Crippen LogP contribution in [0.15, 0.2) is 12.2 Å². The average Bonchev–Trinajstić information content (AvgIpc) is 2.08. The summed E-state index contributed by atoms with van der Waals surface area (Å²) in [5.74, 6) is -0.210. The highest BCUT2D eigenvalue weighted by atomic mass is 16.7. The number of carbonyl (C=O) groups is 1. The van der Waals surface area contributed by atoms with Gasteiger partial charge in [-0.05, 0) is 26.0 Å². The minimum atomic E-state index is -0.859. The van der Waals surface area contributed by atoms with Gasteiger partial charge in [-0.25, -0.2) is 0 Å². The highest BCUT2D eigenvalue weighted by molar-refractivity contribution is 5.93. The minimum absolute atomic E-state index is 0.0696. The zero-order valence-corrected chi connectivity index (χ0v) is 7.77. The molecule has 0 fully saturated rings. The van der Waals surface area contributed by atoms with Crippen molar-refractivity contribution < 1.29 is 19.4 Å². The van der Waals surface area contributed by atoms with E-state index in [1.165, 1.54) is 12.2 Å². The molecule has 0 spiro atoms. The van der Waals surface area contributed by atoms with Crippen molar-refractivity contribution in [1.29, 1.82) is 0 Å². The Kier molecular flexibility index (Phi) is 3.59. The summed E-state index contributed by atoms with van der Waals surface area (Å²) in [4.78, 5) is 11.2. The van der Waals surface area contributed by atoms with Crippen molar-refractivity contribution in [2.75, 3.05) is 6.61 Å². The molecule has 0 aromatic carbocycles. The van der Waals surface area contributed by atoms with Gasteiger partial charge in [0.2, 0.25) is 12.1 Å². The Labute approximate surface area is 77.1 Å². The molecule has 13 heavy (non-hydrogen) atoms. The Morgan fingerprint density at radius 1 is 1.69 bits per heavy atom. The van der Waals surface area contributed by atoms with Crippen molar-refractivity contribution in [3.8, 4) is 0 Å².